The van der Waals surface area contributed by atoms with Gasteiger partial charge >= 0.3 is 0 Å². The summed E-state index contributed by atoms with van der Waals surface area (Å²) in [5, 5.41) is 0. The zero-order valence-electron chi connectivity index (χ0n) is 12.4. The van der Waals surface area contributed by atoms with Crippen LogP contribution in [0.15, 0.2) is 0 Å². The second kappa shape index (κ2) is 7.33. The molecule has 108 valence electrons. The van der Waals surface area contributed by atoms with Gasteiger partial charge in [-0.1, -0.05) is 37.1 Å². The summed E-state index contributed by atoms with van der Waals surface area (Å²) in [5.41, 5.74) is 0. The molecule has 1 unspecified atom stereocenters. The fourth-order valence-corrected chi connectivity index (χ4v) is 5.69. The lowest BCUT2D eigenvalue weighted by atomic mass is 10.2. The normalized spacial score (nSPS) is 22.4. The lowest BCUT2D eigenvalue weighted by molar-refractivity contribution is -0.867. The van der Waals surface area contributed by atoms with E-state index in [1.54, 1.807) is 6.66 Å². The van der Waals surface area contributed by atoms with E-state index >= 15 is 0 Å². The molecule has 1 fully saturated rings. The molecule has 3 nitrogen and oxygen atoms in total. The second-order valence-corrected chi connectivity index (χ2v) is 11.5. The molecule has 18 heavy (non-hydrogen) atoms. The van der Waals surface area contributed by atoms with E-state index in [-0.39, 0.29) is 6.10 Å². The molecule has 1 atom stereocenters. The van der Waals surface area contributed by atoms with Gasteiger partial charge in [-0.3, -0.25) is 4.57 Å². The van der Waals surface area contributed by atoms with Crippen LogP contribution in [0.5, 0.6) is 0 Å². The van der Waals surface area contributed by atoms with Gasteiger partial charge in [0.15, 0.2) is 0 Å². The largest absolute Gasteiger partial charge is 0.330 e. The molecule has 0 aromatic heterocycles. The summed E-state index contributed by atoms with van der Waals surface area (Å²) < 4.78 is 19.2. The number of hydrogen-bond acceptors (Lipinski definition) is 3. The maximum absolute atomic E-state index is 12.4. The fraction of sp³-hybridized carbons (Fsp3) is 1.00. The molecule has 0 amide bonds. The average molecular weight is 294 g/mol. The third-order valence-electron chi connectivity index (χ3n) is 3.23. The molecule has 1 saturated carbocycles. The first-order chi connectivity index (χ1) is 8.29. The van der Waals surface area contributed by atoms with Crippen LogP contribution in [0.1, 0.15) is 38.5 Å². The summed E-state index contributed by atoms with van der Waals surface area (Å²) in [6, 6.07) is 0. The highest BCUT2D eigenvalue weighted by Gasteiger charge is 2.24. The third-order valence-corrected chi connectivity index (χ3v) is 6.96. The molecular weight excluding hydrogens is 265 g/mol. The Morgan fingerprint density at radius 3 is 2.22 bits per heavy atom. The van der Waals surface area contributed by atoms with Crippen LogP contribution in [0.25, 0.3) is 0 Å². The molecule has 1 rings (SSSR count). The molecule has 5 heteroatoms. The third kappa shape index (κ3) is 7.83. The van der Waals surface area contributed by atoms with Crippen molar-refractivity contribution in [3.8, 4) is 0 Å². The lowest BCUT2D eigenvalue weighted by Crippen LogP contribution is -2.36. The van der Waals surface area contributed by atoms with E-state index in [0.717, 1.165) is 29.6 Å². The fourth-order valence-electron chi connectivity index (χ4n) is 2.13. The Balaban J connectivity index is 2.31. The van der Waals surface area contributed by atoms with Crippen LogP contribution in [0.4, 0.5) is 0 Å². The van der Waals surface area contributed by atoms with Gasteiger partial charge in [0.2, 0.25) is 0 Å². The van der Waals surface area contributed by atoms with E-state index in [4.69, 9.17) is 4.52 Å². The molecule has 1 aliphatic carbocycles. The van der Waals surface area contributed by atoms with Crippen molar-refractivity contribution in [3.63, 3.8) is 0 Å². The molecule has 0 aromatic rings. The molecule has 0 radical (unpaired) electrons. The van der Waals surface area contributed by atoms with Gasteiger partial charge in [0, 0.05) is 6.66 Å². The van der Waals surface area contributed by atoms with Crippen molar-refractivity contribution in [2.24, 2.45) is 0 Å². The molecule has 0 aliphatic heterocycles. The topological polar surface area (TPSA) is 26.3 Å². The van der Waals surface area contributed by atoms with Gasteiger partial charge in [0.25, 0.3) is 6.57 Å². The van der Waals surface area contributed by atoms with Crippen molar-refractivity contribution in [3.05, 3.63) is 0 Å². The minimum absolute atomic E-state index is 0.236. The minimum atomic E-state index is -2.46. The van der Waals surface area contributed by atoms with Crippen LogP contribution < -0.4 is 0 Å². The van der Waals surface area contributed by atoms with Gasteiger partial charge < -0.3 is 9.01 Å². The highest BCUT2D eigenvalue weighted by atomic mass is 32.7. The van der Waals surface area contributed by atoms with Crippen LogP contribution in [0.3, 0.4) is 0 Å². The molecule has 1 aliphatic rings. The molecule has 0 aromatic carbocycles. The first-order valence-electron chi connectivity index (χ1n) is 6.99. The predicted octanol–water partition coefficient (Wildman–Crippen LogP) is 3.99. The molecular formula is C13H29NO2PS+. The van der Waals surface area contributed by atoms with Gasteiger partial charge in [-0.05, 0) is 12.8 Å². The lowest BCUT2D eigenvalue weighted by Gasteiger charge is -2.25. The Hall–Kier alpha value is 0.500. The van der Waals surface area contributed by atoms with Crippen molar-refractivity contribution in [2.45, 2.75) is 44.6 Å². The number of hydrogen-bond donors (Lipinski definition) is 0. The van der Waals surface area contributed by atoms with E-state index in [9.17, 15) is 4.57 Å². The van der Waals surface area contributed by atoms with Crippen molar-refractivity contribution >= 4 is 18.0 Å². The minimum Gasteiger partial charge on any atom is -0.330 e. The first kappa shape index (κ1) is 16.6. The van der Waals surface area contributed by atoms with E-state index < -0.39 is 6.57 Å². The number of quaternary nitrogens is 1. The predicted molar refractivity (Wildman–Crippen MR) is 81.5 cm³/mol. The summed E-state index contributed by atoms with van der Waals surface area (Å²) in [6.07, 6.45) is 7.49. The smallest absolute Gasteiger partial charge is 0.255 e. The summed E-state index contributed by atoms with van der Waals surface area (Å²) in [4.78, 5) is 0. The Labute approximate surface area is 116 Å². The van der Waals surface area contributed by atoms with Crippen LogP contribution in [-0.4, -0.2) is 50.7 Å². The standard InChI is InChI=1S/C13H29NO2PS/c1-14(2,3)11-12-18-17(4,15)16-13-9-7-5-6-8-10-13/h13H,5-12H2,1-4H3/q+1. The molecule has 0 N–H and O–H groups in total. The first-order valence-corrected chi connectivity index (χ1v) is 10.7. The molecule has 0 bridgehead atoms. The Morgan fingerprint density at radius 1 is 1.17 bits per heavy atom. The van der Waals surface area contributed by atoms with Gasteiger partial charge in [-0.25, -0.2) is 0 Å². The van der Waals surface area contributed by atoms with Crippen LogP contribution in [0.2, 0.25) is 0 Å². The van der Waals surface area contributed by atoms with Crippen LogP contribution in [-0.2, 0) is 9.09 Å². The van der Waals surface area contributed by atoms with E-state index in [1.165, 1.54) is 37.1 Å². The number of nitrogens with zero attached hydrogens (tertiary/aromatic N) is 1. The van der Waals surface area contributed by atoms with Crippen molar-refractivity contribution < 1.29 is 13.6 Å². The molecule has 0 saturated heterocycles. The maximum Gasteiger partial charge on any atom is 0.255 e. The maximum atomic E-state index is 12.4. The summed E-state index contributed by atoms with van der Waals surface area (Å²) in [7, 11) is 6.48. The Kier molecular flexibility index (Phi) is 6.74. The van der Waals surface area contributed by atoms with E-state index in [1.807, 2.05) is 0 Å². The van der Waals surface area contributed by atoms with Crippen LogP contribution in [0, 0.1) is 0 Å². The monoisotopic (exact) mass is 294 g/mol. The highest BCUT2D eigenvalue weighted by molar-refractivity contribution is 8.56. The van der Waals surface area contributed by atoms with Crippen molar-refractivity contribution in [1.29, 1.82) is 0 Å². The molecule has 0 heterocycles. The zero-order valence-corrected chi connectivity index (χ0v) is 14.1. The summed E-state index contributed by atoms with van der Waals surface area (Å²) >= 11 is 1.52. The average Bonchev–Trinajstić information content (AvgIpc) is 2.43. The SMILES string of the molecule is C[N+](C)(C)CCSP(C)(=O)OC1CCCCCC1. The van der Waals surface area contributed by atoms with Crippen LogP contribution >= 0.6 is 18.0 Å². The van der Waals surface area contributed by atoms with E-state index in [0.29, 0.717) is 0 Å². The Morgan fingerprint density at radius 2 is 1.72 bits per heavy atom. The molecule has 0 spiro atoms. The van der Waals surface area contributed by atoms with Gasteiger partial charge in [0.1, 0.15) is 0 Å². The summed E-state index contributed by atoms with van der Waals surface area (Å²) in [6.45, 7) is 0.355. The van der Waals surface area contributed by atoms with Crippen molar-refractivity contribution in [2.75, 3.05) is 40.1 Å². The highest BCUT2D eigenvalue weighted by Crippen LogP contribution is 2.57. The second-order valence-electron chi connectivity index (χ2n) is 6.34. The quantitative estimate of drug-likeness (QED) is 0.421. The number of rotatable bonds is 6. The van der Waals surface area contributed by atoms with Gasteiger partial charge in [-0.15, -0.1) is 0 Å². The summed E-state index contributed by atoms with van der Waals surface area (Å²) in [5.74, 6) is 0.907. The van der Waals surface area contributed by atoms with Gasteiger partial charge in [-0.2, -0.15) is 0 Å². The Bertz CT molecular complexity index is 283. The van der Waals surface area contributed by atoms with Crippen molar-refractivity contribution in [1.82, 2.24) is 0 Å². The van der Waals surface area contributed by atoms with E-state index in [2.05, 4.69) is 21.1 Å². The van der Waals surface area contributed by atoms with Gasteiger partial charge in [0.05, 0.1) is 39.5 Å². The zero-order chi connectivity index (χ0) is 13.6.